The van der Waals surface area contributed by atoms with Crippen LogP contribution in [0.5, 0.6) is 0 Å². The van der Waals surface area contributed by atoms with Crippen LogP contribution < -0.4 is 24.0 Å². The molecule has 0 heterocycles. The standard InChI is InChI=1S/C14H22N2OSi.Li/c1-16(2)14(17)11-13(15-18(3,4)5)12-9-7-6-8-10-12;/h6-11,17H,1-5H3;/q;+1/p-1/b14-11-,15-13-;. The van der Waals surface area contributed by atoms with E-state index in [0.717, 1.165) is 11.3 Å². The van der Waals surface area contributed by atoms with Gasteiger partial charge in [0.2, 0.25) is 0 Å². The summed E-state index contributed by atoms with van der Waals surface area (Å²) in [5, 5.41) is 11.8. The largest absolute Gasteiger partial charge is 1.00 e. The Labute approximate surface area is 129 Å². The minimum atomic E-state index is -1.62. The summed E-state index contributed by atoms with van der Waals surface area (Å²) in [6, 6.07) is 9.85. The summed E-state index contributed by atoms with van der Waals surface area (Å²) in [5.74, 6) is -0.0316. The molecule has 0 aliphatic carbocycles. The second-order valence-corrected chi connectivity index (χ2v) is 9.98. The maximum absolute atomic E-state index is 11.8. The molecule has 1 aromatic rings. The molecule has 1 aromatic carbocycles. The maximum Gasteiger partial charge on any atom is 1.00 e. The first kappa shape index (κ1) is 18.0. The van der Waals surface area contributed by atoms with Gasteiger partial charge in [0, 0.05) is 14.1 Å². The van der Waals surface area contributed by atoms with Crippen LogP contribution in [0.25, 0.3) is 0 Å². The Balaban J connectivity index is 0.00000324. The van der Waals surface area contributed by atoms with E-state index in [-0.39, 0.29) is 24.7 Å². The fourth-order valence-corrected chi connectivity index (χ4v) is 2.31. The van der Waals surface area contributed by atoms with Crippen molar-refractivity contribution >= 4 is 13.9 Å². The summed E-state index contributed by atoms with van der Waals surface area (Å²) in [6.07, 6.45) is 1.62. The molecule has 0 N–H and O–H groups in total. The molecule has 0 unspecified atom stereocenters. The Bertz CT molecular complexity index is 450. The molecule has 0 bridgehead atoms. The molecular weight excluding hydrogens is 247 g/mol. The van der Waals surface area contributed by atoms with E-state index < -0.39 is 8.24 Å². The second-order valence-electron chi connectivity index (χ2n) is 5.41. The molecule has 1 rings (SSSR count). The van der Waals surface area contributed by atoms with Gasteiger partial charge in [0.25, 0.3) is 0 Å². The fourth-order valence-electron chi connectivity index (χ4n) is 1.40. The normalized spacial score (nSPS) is 12.9. The van der Waals surface area contributed by atoms with E-state index in [1.165, 1.54) is 0 Å². The minimum Gasteiger partial charge on any atom is -0.860 e. The number of allylic oxidation sites excluding steroid dienone is 1. The molecule has 0 aliphatic rings. The van der Waals surface area contributed by atoms with Gasteiger partial charge in [0.1, 0.15) is 0 Å². The molecule has 19 heavy (non-hydrogen) atoms. The molecular formula is C14H21LiN2OSi. The van der Waals surface area contributed by atoms with Crippen LogP contribution in [0.2, 0.25) is 19.6 Å². The van der Waals surface area contributed by atoms with Gasteiger partial charge in [-0.2, -0.15) is 0 Å². The van der Waals surface area contributed by atoms with Gasteiger partial charge in [0.15, 0.2) is 8.24 Å². The molecule has 0 fully saturated rings. The van der Waals surface area contributed by atoms with Crippen molar-refractivity contribution in [3.8, 4) is 0 Å². The molecule has 0 saturated carbocycles. The van der Waals surface area contributed by atoms with Crippen LogP contribution in [0, 0.1) is 0 Å². The van der Waals surface area contributed by atoms with E-state index in [1.54, 1.807) is 25.1 Å². The van der Waals surface area contributed by atoms with E-state index in [1.807, 2.05) is 30.3 Å². The predicted octanol–water partition coefficient (Wildman–Crippen LogP) is -0.922. The van der Waals surface area contributed by atoms with Gasteiger partial charge < -0.3 is 14.7 Å². The van der Waals surface area contributed by atoms with E-state index in [9.17, 15) is 5.11 Å². The van der Waals surface area contributed by atoms with Crippen molar-refractivity contribution in [3.05, 3.63) is 47.9 Å². The van der Waals surface area contributed by atoms with Crippen LogP contribution in [-0.2, 0) is 0 Å². The number of hydrogen-bond donors (Lipinski definition) is 0. The zero-order chi connectivity index (χ0) is 13.8. The zero-order valence-corrected chi connectivity index (χ0v) is 13.8. The van der Waals surface area contributed by atoms with Crippen molar-refractivity contribution in [1.82, 2.24) is 4.90 Å². The molecule has 0 saturated heterocycles. The monoisotopic (exact) mass is 268 g/mol. The van der Waals surface area contributed by atoms with E-state index in [0.29, 0.717) is 0 Å². The first-order chi connectivity index (χ1) is 8.29. The van der Waals surface area contributed by atoms with E-state index in [2.05, 4.69) is 19.6 Å². The fraction of sp³-hybridized carbons (Fsp3) is 0.357. The number of rotatable bonds is 4. The average Bonchev–Trinajstić information content (AvgIpc) is 2.27. The Hall–Kier alpha value is -0.956. The Morgan fingerprint density at radius 1 is 1.16 bits per heavy atom. The van der Waals surface area contributed by atoms with Crippen LogP contribution in [0.1, 0.15) is 5.56 Å². The van der Waals surface area contributed by atoms with Crippen molar-refractivity contribution < 1.29 is 24.0 Å². The zero-order valence-electron chi connectivity index (χ0n) is 12.8. The summed E-state index contributed by atoms with van der Waals surface area (Å²) in [4.78, 5) is 1.56. The Morgan fingerprint density at radius 3 is 2.11 bits per heavy atom. The Morgan fingerprint density at radius 2 is 1.68 bits per heavy atom. The minimum absolute atomic E-state index is 0. The van der Waals surface area contributed by atoms with Gasteiger partial charge in [-0.05, 0) is 37.2 Å². The molecule has 0 radical (unpaired) electrons. The van der Waals surface area contributed by atoms with E-state index >= 15 is 0 Å². The molecule has 0 aliphatic heterocycles. The molecule has 5 heteroatoms. The summed E-state index contributed by atoms with van der Waals surface area (Å²) in [7, 11) is 1.87. The van der Waals surface area contributed by atoms with Gasteiger partial charge in [-0.15, -0.1) is 0 Å². The van der Waals surface area contributed by atoms with E-state index in [4.69, 9.17) is 4.66 Å². The third-order valence-corrected chi connectivity index (χ3v) is 3.14. The average molecular weight is 268 g/mol. The molecule has 0 spiro atoms. The van der Waals surface area contributed by atoms with Crippen molar-refractivity contribution in [2.24, 2.45) is 4.66 Å². The summed E-state index contributed by atoms with van der Waals surface area (Å²) in [6.45, 7) is 6.47. The van der Waals surface area contributed by atoms with Crippen LogP contribution >= 0.6 is 0 Å². The number of nitrogens with zero attached hydrogens (tertiary/aromatic N) is 2. The van der Waals surface area contributed by atoms with Gasteiger partial charge >= 0.3 is 18.9 Å². The first-order valence-corrected chi connectivity index (χ1v) is 9.45. The quantitative estimate of drug-likeness (QED) is 0.402. The number of benzene rings is 1. The Kier molecular flexibility index (Phi) is 7.21. The number of hydrogen-bond acceptors (Lipinski definition) is 3. The molecule has 0 atom stereocenters. The first-order valence-electron chi connectivity index (χ1n) is 6.01. The predicted molar refractivity (Wildman–Crippen MR) is 78.1 cm³/mol. The van der Waals surface area contributed by atoms with Crippen LogP contribution in [0.4, 0.5) is 0 Å². The third kappa shape index (κ3) is 6.67. The molecule has 98 valence electrons. The van der Waals surface area contributed by atoms with Crippen LogP contribution in [0.15, 0.2) is 46.9 Å². The smallest absolute Gasteiger partial charge is 0.860 e. The van der Waals surface area contributed by atoms with Gasteiger partial charge in [-0.3, -0.25) is 0 Å². The van der Waals surface area contributed by atoms with Crippen LogP contribution in [-0.4, -0.2) is 32.9 Å². The van der Waals surface area contributed by atoms with Crippen molar-refractivity contribution in [1.29, 1.82) is 0 Å². The third-order valence-electron chi connectivity index (χ3n) is 2.23. The molecule has 0 aromatic heterocycles. The van der Waals surface area contributed by atoms with Crippen molar-refractivity contribution in [3.63, 3.8) is 0 Å². The molecule has 0 amide bonds. The van der Waals surface area contributed by atoms with Gasteiger partial charge in [0.05, 0.1) is 5.71 Å². The summed E-state index contributed by atoms with van der Waals surface area (Å²) >= 11 is 0. The van der Waals surface area contributed by atoms with Crippen molar-refractivity contribution in [2.45, 2.75) is 19.6 Å². The van der Waals surface area contributed by atoms with Crippen molar-refractivity contribution in [2.75, 3.05) is 14.1 Å². The van der Waals surface area contributed by atoms with Gasteiger partial charge in [-0.1, -0.05) is 30.3 Å². The van der Waals surface area contributed by atoms with Crippen LogP contribution in [0.3, 0.4) is 0 Å². The SMILES string of the molecule is CN(C)/C([O-])=C/C(=N/[Si](C)(C)C)c1ccccc1.[Li+]. The maximum atomic E-state index is 11.8. The molecule has 3 nitrogen and oxygen atoms in total. The topological polar surface area (TPSA) is 38.7 Å². The summed E-state index contributed by atoms with van der Waals surface area (Å²) < 4.78 is 4.75. The summed E-state index contributed by atoms with van der Waals surface area (Å²) in [5.41, 5.74) is 1.78. The van der Waals surface area contributed by atoms with Gasteiger partial charge in [-0.25, -0.2) is 0 Å². The second kappa shape index (κ2) is 7.59.